The van der Waals surface area contributed by atoms with Crippen molar-refractivity contribution in [3.8, 4) is 5.75 Å². The molecule has 2 amide bonds. The highest BCUT2D eigenvalue weighted by molar-refractivity contribution is 5.90. The standard InChI is InChI=1S/C21H30N4O3/c1-15-18(16(2)25(24-15)12-13-27-3)14-22-21(26)23-19-10-6-7-11-20(19)28-17-8-4-5-9-17/h6-7,10-11,17H,4-5,8-9,12-14H2,1-3H3,(H2,22,23,26). The lowest BCUT2D eigenvalue weighted by molar-refractivity contribution is 0.182. The largest absolute Gasteiger partial charge is 0.488 e. The van der Waals surface area contributed by atoms with Crippen LogP contribution >= 0.6 is 0 Å². The van der Waals surface area contributed by atoms with Gasteiger partial charge in [-0.1, -0.05) is 12.1 Å². The van der Waals surface area contributed by atoms with Gasteiger partial charge < -0.3 is 20.1 Å². The van der Waals surface area contributed by atoms with Gasteiger partial charge in [-0.15, -0.1) is 0 Å². The van der Waals surface area contributed by atoms with Crippen LogP contribution in [0.4, 0.5) is 10.5 Å². The second kappa shape index (κ2) is 9.59. The van der Waals surface area contributed by atoms with Crippen molar-refractivity contribution in [1.29, 1.82) is 0 Å². The Labute approximate surface area is 166 Å². The number of rotatable bonds is 8. The number of urea groups is 1. The molecular weight excluding hydrogens is 356 g/mol. The van der Waals surface area contributed by atoms with E-state index in [1.54, 1.807) is 7.11 Å². The topological polar surface area (TPSA) is 77.4 Å². The van der Waals surface area contributed by atoms with Gasteiger partial charge in [0, 0.05) is 24.9 Å². The molecule has 0 atom stereocenters. The number of aromatic nitrogens is 2. The summed E-state index contributed by atoms with van der Waals surface area (Å²) in [7, 11) is 1.67. The van der Waals surface area contributed by atoms with E-state index in [0.29, 0.717) is 25.4 Å². The van der Waals surface area contributed by atoms with Crippen LogP contribution in [0.15, 0.2) is 24.3 Å². The summed E-state index contributed by atoms with van der Waals surface area (Å²) in [6.45, 7) is 5.68. The molecule has 1 aromatic heterocycles. The van der Waals surface area contributed by atoms with Crippen molar-refractivity contribution in [2.75, 3.05) is 19.0 Å². The van der Waals surface area contributed by atoms with Crippen molar-refractivity contribution in [2.24, 2.45) is 0 Å². The lowest BCUT2D eigenvalue weighted by Crippen LogP contribution is -2.29. The molecule has 0 saturated heterocycles. The Bertz CT molecular complexity index is 797. The number of ether oxygens (including phenoxy) is 2. The Morgan fingerprint density at radius 1 is 1.25 bits per heavy atom. The predicted octanol–water partition coefficient (Wildman–Crippen LogP) is 3.79. The molecule has 0 aliphatic heterocycles. The number of amides is 2. The molecule has 1 heterocycles. The molecule has 3 rings (SSSR count). The van der Waals surface area contributed by atoms with Crippen molar-refractivity contribution >= 4 is 11.7 Å². The summed E-state index contributed by atoms with van der Waals surface area (Å²) in [5, 5.41) is 10.4. The van der Waals surface area contributed by atoms with Crippen LogP contribution in [0, 0.1) is 13.8 Å². The van der Waals surface area contributed by atoms with Crippen LogP contribution in [-0.2, 0) is 17.8 Å². The predicted molar refractivity (Wildman–Crippen MR) is 109 cm³/mol. The van der Waals surface area contributed by atoms with Gasteiger partial charge in [-0.3, -0.25) is 4.68 Å². The van der Waals surface area contributed by atoms with Crippen molar-refractivity contribution in [3.05, 3.63) is 41.2 Å². The number of benzene rings is 1. The molecule has 0 radical (unpaired) electrons. The van der Waals surface area contributed by atoms with E-state index in [-0.39, 0.29) is 12.1 Å². The molecule has 1 fully saturated rings. The van der Waals surface area contributed by atoms with Gasteiger partial charge in [-0.2, -0.15) is 5.10 Å². The zero-order chi connectivity index (χ0) is 19.9. The van der Waals surface area contributed by atoms with Crippen LogP contribution in [-0.4, -0.2) is 35.6 Å². The van der Waals surface area contributed by atoms with Crippen molar-refractivity contribution in [2.45, 2.75) is 58.7 Å². The monoisotopic (exact) mass is 386 g/mol. The third-order valence-electron chi connectivity index (χ3n) is 5.20. The quantitative estimate of drug-likeness (QED) is 0.724. The van der Waals surface area contributed by atoms with E-state index in [1.807, 2.05) is 42.8 Å². The molecule has 2 N–H and O–H groups in total. The van der Waals surface area contributed by atoms with Crippen LogP contribution in [0.5, 0.6) is 5.75 Å². The fraction of sp³-hybridized carbons (Fsp3) is 0.524. The lowest BCUT2D eigenvalue weighted by atomic mass is 10.2. The first-order valence-electron chi connectivity index (χ1n) is 9.91. The average Bonchev–Trinajstić information content (AvgIpc) is 3.28. The highest BCUT2D eigenvalue weighted by Gasteiger charge is 2.18. The maximum absolute atomic E-state index is 12.5. The maximum Gasteiger partial charge on any atom is 0.319 e. The molecular formula is C21H30N4O3. The van der Waals surface area contributed by atoms with Crippen molar-refractivity contribution < 1.29 is 14.3 Å². The van der Waals surface area contributed by atoms with Gasteiger partial charge in [-0.05, 0) is 51.7 Å². The fourth-order valence-electron chi connectivity index (χ4n) is 3.58. The molecule has 152 valence electrons. The summed E-state index contributed by atoms with van der Waals surface area (Å²) in [6.07, 6.45) is 4.81. The summed E-state index contributed by atoms with van der Waals surface area (Å²) >= 11 is 0. The number of hydrogen-bond donors (Lipinski definition) is 2. The van der Waals surface area contributed by atoms with Crippen LogP contribution < -0.4 is 15.4 Å². The van der Waals surface area contributed by atoms with Crippen LogP contribution in [0.1, 0.15) is 42.6 Å². The number of methoxy groups -OCH3 is 1. The summed E-state index contributed by atoms with van der Waals surface area (Å²) < 4.78 is 13.1. The molecule has 1 saturated carbocycles. The smallest absolute Gasteiger partial charge is 0.319 e. The Hall–Kier alpha value is -2.54. The van der Waals surface area contributed by atoms with Gasteiger partial charge in [0.05, 0.1) is 30.6 Å². The number of carbonyl (C=O) groups excluding carboxylic acids is 1. The number of hydrogen-bond acceptors (Lipinski definition) is 4. The first-order chi connectivity index (χ1) is 13.6. The molecule has 0 unspecified atom stereocenters. The highest BCUT2D eigenvalue weighted by Crippen LogP contribution is 2.29. The molecule has 1 aromatic carbocycles. The SMILES string of the molecule is COCCn1nc(C)c(CNC(=O)Nc2ccccc2OC2CCCC2)c1C. The summed E-state index contributed by atoms with van der Waals surface area (Å²) in [5.74, 6) is 0.726. The van der Waals surface area contributed by atoms with E-state index in [1.165, 1.54) is 12.8 Å². The van der Waals surface area contributed by atoms with E-state index in [4.69, 9.17) is 9.47 Å². The highest BCUT2D eigenvalue weighted by atomic mass is 16.5. The molecule has 28 heavy (non-hydrogen) atoms. The number of nitrogens with zero attached hydrogens (tertiary/aromatic N) is 2. The molecule has 7 heteroatoms. The van der Waals surface area contributed by atoms with Gasteiger partial charge in [0.1, 0.15) is 5.75 Å². The van der Waals surface area contributed by atoms with E-state index in [9.17, 15) is 4.79 Å². The number of aryl methyl sites for hydroxylation is 1. The molecule has 1 aliphatic carbocycles. The third-order valence-corrected chi connectivity index (χ3v) is 5.20. The van der Waals surface area contributed by atoms with Crippen molar-refractivity contribution in [3.63, 3.8) is 0 Å². The molecule has 7 nitrogen and oxygen atoms in total. The maximum atomic E-state index is 12.5. The molecule has 0 bridgehead atoms. The van der Waals surface area contributed by atoms with Crippen LogP contribution in [0.3, 0.4) is 0 Å². The number of carbonyl (C=O) groups is 1. The number of para-hydroxylation sites is 2. The molecule has 0 spiro atoms. The summed E-state index contributed by atoms with van der Waals surface area (Å²) in [6, 6.07) is 7.33. The zero-order valence-corrected chi connectivity index (χ0v) is 17.0. The number of nitrogens with one attached hydrogen (secondary N) is 2. The lowest BCUT2D eigenvalue weighted by Gasteiger charge is -2.17. The minimum atomic E-state index is -0.258. The van der Waals surface area contributed by atoms with Crippen LogP contribution in [0.25, 0.3) is 0 Å². The minimum Gasteiger partial charge on any atom is -0.488 e. The molecule has 2 aromatic rings. The van der Waals surface area contributed by atoms with Gasteiger partial charge in [0.15, 0.2) is 0 Å². The normalized spacial score (nSPS) is 14.2. The zero-order valence-electron chi connectivity index (χ0n) is 17.0. The van der Waals surface area contributed by atoms with Gasteiger partial charge in [-0.25, -0.2) is 4.79 Å². The first kappa shape index (κ1) is 20.2. The third kappa shape index (κ3) is 5.04. The summed E-state index contributed by atoms with van der Waals surface area (Å²) in [5.41, 5.74) is 3.68. The van der Waals surface area contributed by atoms with E-state index >= 15 is 0 Å². The van der Waals surface area contributed by atoms with Gasteiger partial charge in [0.2, 0.25) is 0 Å². The molecule has 1 aliphatic rings. The fourth-order valence-corrected chi connectivity index (χ4v) is 3.58. The van der Waals surface area contributed by atoms with E-state index in [0.717, 1.165) is 35.5 Å². The van der Waals surface area contributed by atoms with E-state index < -0.39 is 0 Å². The van der Waals surface area contributed by atoms with Gasteiger partial charge in [0.25, 0.3) is 0 Å². The van der Waals surface area contributed by atoms with Crippen molar-refractivity contribution in [1.82, 2.24) is 15.1 Å². The minimum absolute atomic E-state index is 0.245. The summed E-state index contributed by atoms with van der Waals surface area (Å²) in [4.78, 5) is 12.5. The number of anilines is 1. The Kier molecular flexibility index (Phi) is 6.92. The average molecular weight is 386 g/mol. The first-order valence-corrected chi connectivity index (χ1v) is 9.91. The Balaban J connectivity index is 1.58. The van der Waals surface area contributed by atoms with Crippen LogP contribution in [0.2, 0.25) is 0 Å². The van der Waals surface area contributed by atoms with E-state index in [2.05, 4.69) is 15.7 Å². The Morgan fingerprint density at radius 3 is 2.75 bits per heavy atom. The Morgan fingerprint density at radius 2 is 2.00 bits per heavy atom. The van der Waals surface area contributed by atoms with Gasteiger partial charge >= 0.3 is 6.03 Å². The second-order valence-corrected chi connectivity index (χ2v) is 7.19. The second-order valence-electron chi connectivity index (χ2n) is 7.19.